The Morgan fingerprint density at radius 2 is 1.81 bits per heavy atom. The predicted molar refractivity (Wildman–Crippen MR) is 82.1 cm³/mol. The highest BCUT2D eigenvalue weighted by molar-refractivity contribution is 7.92. The van der Waals surface area contributed by atoms with Crippen LogP contribution >= 0.6 is 0 Å². The van der Waals surface area contributed by atoms with Gasteiger partial charge in [-0.1, -0.05) is 37.5 Å². The van der Waals surface area contributed by atoms with Crippen molar-refractivity contribution < 1.29 is 13.2 Å². The van der Waals surface area contributed by atoms with Gasteiger partial charge in [-0.15, -0.1) is 0 Å². The van der Waals surface area contributed by atoms with E-state index in [0.717, 1.165) is 31.2 Å². The molecule has 1 aliphatic heterocycles. The molecule has 0 amide bonds. The molecule has 116 valence electrons. The molecule has 21 heavy (non-hydrogen) atoms. The van der Waals surface area contributed by atoms with E-state index in [1.165, 1.54) is 6.42 Å². The molecule has 2 fully saturated rings. The number of benzene rings is 1. The van der Waals surface area contributed by atoms with Crippen molar-refractivity contribution in [2.45, 2.75) is 47.7 Å². The molecule has 1 heterocycles. The summed E-state index contributed by atoms with van der Waals surface area (Å²) in [4.78, 5) is 0.477. The number of sulfone groups is 1. The Balaban J connectivity index is 2.07. The normalized spacial score (nSPS) is 22.7. The van der Waals surface area contributed by atoms with Crippen LogP contribution in [0.4, 0.5) is 0 Å². The van der Waals surface area contributed by atoms with Crippen LogP contribution in [-0.4, -0.2) is 33.4 Å². The van der Waals surface area contributed by atoms with Crippen LogP contribution < -0.4 is 5.73 Å². The largest absolute Gasteiger partial charge is 0.379 e. The van der Waals surface area contributed by atoms with Crippen LogP contribution in [0.3, 0.4) is 0 Å². The lowest BCUT2D eigenvalue weighted by atomic mass is 9.69. The number of nitrogens with two attached hydrogens (primary N) is 1. The van der Waals surface area contributed by atoms with E-state index in [9.17, 15) is 8.42 Å². The Labute approximate surface area is 126 Å². The van der Waals surface area contributed by atoms with Crippen molar-refractivity contribution in [1.29, 1.82) is 0 Å². The van der Waals surface area contributed by atoms with Crippen LogP contribution in [0.25, 0.3) is 0 Å². The summed E-state index contributed by atoms with van der Waals surface area (Å²) in [6.07, 6.45) is 5.43. The summed E-state index contributed by atoms with van der Waals surface area (Å²) in [5.74, 6) is 0. The molecule has 1 aliphatic carbocycles. The molecule has 0 atom stereocenters. The second-order valence-corrected chi connectivity index (χ2v) is 8.44. The van der Waals surface area contributed by atoms with Gasteiger partial charge < -0.3 is 10.5 Å². The molecule has 0 spiro atoms. The topological polar surface area (TPSA) is 69.4 Å². The van der Waals surface area contributed by atoms with E-state index < -0.39 is 15.1 Å². The van der Waals surface area contributed by atoms with Gasteiger partial charge in [0.15, 0.2) is 9.84 Å². The number of hydrogen-bond donors (Lipinski definition) is 1. The first-order valence-corrected chi connectivity index (χ1v) is 9.26. The van der Waals surface area contributed by atoms with Crippen molar-refractivity contribution >= 4 is 9.84 Å². The summed E-state index contributed by atoms with van der Waals surface area (Å²) in [7, 11) is -3.31. The van der Waals surface area contributed by atoms with Gasteiger partial charge in [-0.3, -0.25) is 0 Å². The molecule has 2 aliphatic rings. The zero-order chi connectivity index (χ0) is 14.9. The van der Waals surface area contributed by atoms with Gasteiger partial charge in [-0.25, -0.2) is 8.42 Å². The zero-order valence-corrected chi connectivity index (χ0v) is 13.1. The smallest absolute Gasteiger partial charge is 0.186 e. The fourth-order valence-electron chi connectivity index (χ4n) is 3.54. The summed E-state index contributed by atoms with van der Waals surface area (Å²) in [6.45, 7) is 1.14. The summed E-state index contributed by atoms with van der Waals surface area (Å²) in [5.41, 5.74) is 6.84. The van der Waals surface area contributed by atoms with Crippen molar-refractivity contribution in [1.82, 2.24) is 0 Å². The van der Waals surface area contributed by atoms with Gasteiger partial charge in [0.05, 0.1) is 18.1 Å². The third-order valence-electron chi connectivity index (χ3n) is 5.01. The summed E-state index contributed by atoms with van der Waals surface area (Å²) >= 11 is 0. The van der Waals surface area contributed by atoms with Gasteiger partial charge in [0.2, 0.25) is 0 Å². The minimum absolute atomic E-state index is 0.174. The van der Waals surface area contributed by atoms with Crippen LogP contribution in [0.2, 0.25) is 0 Å². The quantitative estimate of drug-likeness (QED) is 0.924. The lowest BCUT2D eigenvalue weighted by molar-refractivity contribution is 0.0415. The predicted octanol–water partition coefficient (Wildman–Crippen LogP) is 2.02. The Morgan fingerprint density at radius 3 is 2.38 bits per heavy atom. The number of rotatable bonds is 4. The number of hydrogen-bond acceptors (Lipinski definition) is 4. The Hall–Kier alpha value is -0.910. The van der Waals surface area contributed by atoms with Crippen molar-refractivity contribution in [3.05, 3.63) is 29.8 Å². The van der Waals surface area contributed by atoms with Crippen molar-refractivity contribution in [2.24, 2.45) is 5.73 Å². The Morgan fingerprint density at radius 1 is 1.14 bits per heavy atom. The van der Waals surface area contributed by atoms with Gasteiger partial charge in [-0.05, 0) is 24.5 Å². The van der Waals surface area contributed by atoms with E-state index in [0.29, 0.717) is 24.7 Å². The lowest BCUT2D eigenvalue weighted by Crippen LogP contribution is -2.43. The molecule has 5 heteroatoms. The van der Waals surface area contributed by atoms with Crippen molar-refractivity contribution in [3.63, 3.8) is 0 Å². The molecular formula is C16H23NO3S. The van der Waals surface area contributed by atoms with E-state index in [1.54, 1.807) is 6.07 Å². The highest BCUT2D eigenvalue weighted by atomic mass is 32.2. The maximum absolute atomic E-state index is 12.8. The van der Waals surface area contributed by atoms with Crippen molar-refractivity contribution in [3.8, 4) is 0 Å². The lowest BCUT2D eigenvalue weighted by Gasteiger charge is -2.38. The second kappa shape index (κ2) is 5.71. The first-order chi connectivity index (χ1) is 10.1. The zero-order valence-electron chi connectivity index (χ0n) is 12.3. The minimum atomic E-state index is -3.31. The van der Waals surface area contributed by atoms with Crippen LogP contribution in [-0.2, 0) is 20.0 Å². The van der Waals surface area contributed by atoms with E-state index >= 15 is 0 Å². The SMILES string of the molecule is NCC1(c2ccccc2S(=O)(=O)C2COC2)CCCCC1. The summed E-state index contributed by atoms with van der Waals surface area (Å²) in [5, 5.41) is -0.392. The molecular weight excluding hydrogens is 286 g/mol. The van der Waals surface area contributed by atoms with E-state index in [1.807, 2.05) is 18.2 Å². The second-order valence-electron chi connectivity index (χ2n) is 6.25. The molecule has 1 saturated carbocycles. The van der Waals surface area contributed by atoms with Crippen LogP contribution in [0.5, 0.6) is 0 Å². The molecule has 1 saturated heterocycles. The van der Waals surface area contributed by atoms with Gasteiger partial charge in [0.1, 0.15) is 5.25 Å². The maximum atomic E-state index is 12.8. The molecule has 3 rings (SSSR count). The molecule has 1 aromatic rings. The third kappa shape index (κ3) is 2.51. The maximum Gasteiger partial charge on any atom is 0.186 e. The third-order valence-corrected chi connectivity index (χ3v) is 7.13. The Kier molecular flexibility index (Phi) is 4.08. The highest BCUT2D eigenvalue weighted by Gasteiger charge is 2.40. The summed E-state index contributed by atoms with van der Waals surface area (Å²) < 4.78 is 30.7. The van der Waals surface area contributed by atoms with Crippen LogP contribution in [0, 0.1) is 0 Å². The average molecular weight is 309 g/mol. The molecule has 1 aromatic carbocycles. The Bertz CT molecular complexity index is 602. The molecule has 0 unspecified atom stereocenters. The van der Waals surface area contributed by atoms with Gasteiger partial charge >= 0.3 is 0 Å². The van der Waals surface area contributed by atoms with E-state index in [2.05, 4.69) is 0 Å². The summed E-state index contributed by atoms with van der Waals surface area (Å²) in [6, 6.07) is 7.44. The minimum Gasteiger partial charge on any atom is -0.379 e. The molecule has 0 bridgehead atoms. The van der Waals surface area contributed by atoms with Gasteiger partial charge in [-0.2, -0.15) is 0 Å². The van der Waals surface area contributed by atoms with Gasteiger partial charge in [0, 0.05) is 12.0 Å². The standard InChI is InChI=1S/C16H23NO3S/c17-12-16(8-4-1-5-9-16)14-6-2-3-7-15(14)21(18,19)13-10-20-11-13/h2-3,6-7,13H,1,4-5,8-12,17H2. The van der Waals surface area contributed by atoms with Gasteiger partial charge in [0.25, 0.3) is 0 Å². The van der Waals surface area contributed by atoms with Crippen molar-refractivity contribution in [2.75, 3.05) is 19.8 Å². The monoisotopic (exact) mass is 309 g/mol. The first kappa shape index (κ1) is 15.0. The fraction of sp³-hybridized carbons (Fsp3) is 0.625. The molecule has 2 N–H and O–H groups in total. The number of ether oxygens (including phenoxy) is 1. The molecule has 0 aromatic heterocycles. The first-order valence-electron chi connectivity index (χ1n) is 7.71. The fourth-order valence-corrected chi connectivity index (χ4v) is 5.31. The molecule has 4 nitrogen and oxygen atoms in total. The van der Waals surface area contributed by atoms with Crippen LogP contribution in [0.15, 0.2) is 29.2 Å². The highest BCUT2D eigenvalue weighted by Crippen LogP contribution is 2.42. The molecule has 0 radical (unpaired) electrons. The van der Waals surface area contributed by atoms with E-state index in [-0.39, 0.29) is 5.41 Å². The average Bonchev–Trinajstić information content (AvgIpc) is 2.46. The van der Waals surface area contributed by atoms with E-state index in [4.69, 9.17) is 10.5 Å². The van der Waals surface area contributed by atoms with Crippen LogP contribution in [0.1, 0.15) is 37.7 Å².